The number of nitrogens with zero attached hydrogens (tertiary/aromatic N) is 1. The normalized spacial score (nSPS) is 12.3. The zero-order valence-corrected chi connectivity index (χ0v) is 14.9. The van der Waals surface area contributed by atoms with Crippen LogP contribution in [0.3, 0.4) is 0 Å². The summed E-state index contributed by atoms with van der Waals surface area (Å²) in [7, 11) is 0. The molecule has 24 heavy (non-hydrogen) atoms. The lowest BCUT2D eigenvalue weighted by molar-refractivity contribution is 0.0388. The molecule has 2 aromatic carbocycles. The van der Waals surface area contributed by atoms with Crippen molar-refractivity contribution >= 4 is 34.8 Å². The van der Waals surface area contributed by atoms with Crippen molar-refractivity contribution in [2.75, 3.05) is 0 Å². The molecule has 1 aromatic heterocycles. The molecule has 0 radical (unpaired) electrons. The van der Waals surface area contributed by atoms with Crippen molar-refractivity contribution in [2.45, 2.75) is 19.1 Å². The fourth-order valence-corrected chi connectivity index (χ4v) is 3.13. The van der Waals surface area contributed by atoms with Gasteiger partial charge in [0.05, 0.1) is 12.7 Å². The van der Waals surface area contributed by atoms with Crippen molar-refractivity contribution < 1.29 is 4.74 Å². The molecule has 0 spiro atoms. The summed E-state index contributed by atoms with van der Waals surface area (Å²) in [6.07, 6.45) is 3.80. The highest BCUT2D eigenvalue weighted by molar-refractivity contribution is 6.35. The zero-order chi connectivity index (χ0) is 16.9. The first-order valence-corrected chi connectivity index (χ1v) is 8.55. The van der Waals surface area contributed by atoms with E-state index in [1.807, 2.05) is 30.3 Å². The molecule has 1 atom stereocenters. The van der Waals surface area contributed by atoms with E-state index in [2.05, 4.69) is 9.97 Å². The third-order valence-electron chi connectivity index (χ3n) is 3.64. The highest BCUT2D eigenvalue weighted by Crippen LogP contribution is 2.31. The Labute approximate surface area is 155 Å². The van der Waals surface area contributed by atoms with E-state index >= 15 is 0 Å². The molecule has 1 N–H and O–H groups in total. The van der Waals surface area contributed by atoms with Crippen LogP contribution in [0.2, 0.25) is 15.1 Å². The lowest BCUT2D eigenvalue weighted by atomic mass is 10.1. The molecular formula is C18H15Cl3N2O. The maximum absolute atomic E-state index is 6.36. The van der Waals surface area contributed by atoms with Crippen molar-refractivity contribution in [3.63, 3.8) is 0 Å². The first-order chi connectivity index (χ1) is 11.6. The van der Waals surface area contributed by atoms with Gasteiger partial charge in [0.1, 0.15) is 5.82 Å². The molecule has 0 bridgehead atoms. The molecule has 0 amide bonds. The van der Waals surface area contributed by atoms with Gasteiger partial charge in [0.15, 0.2) is 0 Å². The van der Waals surface area contributed by atoms with Gasteiger partial charge < -0.3 is 9.72 Å². The van der Waals surface area contributed by atoms with Crippen molar-refractivity contribution in [1.29, 1.82) is 0 Å². The topological polar surface area (TPSA) is 37.9 Å². The molecular weight excluding hydrogens is 367 g/mol. The molecule has 0 aliphatic carbocycles. The lowest BCUT2D eigenvalue weighted by Gasteiger charge is -2.19. The number of halogens is 3. The minimum absolute atomic E-state index is 0.266. The number of H-pyrrole nitrogens is 1. The van der Waals surface area contributed by atoms with Crippen LogP contribution < -0.4 is 0 Å². The van der Waals surface area contributed by atoms with Crippen LogP contribution in [-0.2, 0) is 17.8 Å². The average molecular weight is 382 g/mol. The second kappa shape index (κ2) is 8.04. The van der Waals surface area contributed by atoms with Gasteiger partial charge >= 0.3 is 0 Å². The van der Waals surface area contributed by atoms with Crippen LogP contribution in [0.5, 0.6) is 0 Å². The van der Waals surface area contributed by atoms with Crippen molar-refractivity contribution in [1.82, 2.24) is 9.97 Å². The predicted molar refractivity (Wildman–Crippen MR) is 97.7 cm³/mol. The number of ether oxygens (including phenoxy) is 1. The molecule has 0 saturated carbocycles. The number of hydrogen-bond donors (Lipinski definition) is 1. The first kappa shape index (κ1) is 17.3. The van der Waals surface area contributed by atoms with E-state index in [-0.39, 0.29) is 6.10 Å². The fraction of sp³-hybridized carbons (Fsp3) is 0.167. The van der Waals surface area contributed by atoms with Gasteiger partial charge in [-0.05, 0) is 29.3 Å². The first-order valence-electron chi connectivity index (χ1n) is 7.41. The summed E-state index contributed by atoms with van der Waals surface area (Å²) in [4.78, 5) is 7.36. The summed E-state index contributed by atoms with van der Waals surface area (Å²) >= 11 is 18.6. The number of rotatable bonds is 6. The van der Waals surface area contributed by atoms with Crippen LogP contribution >= 0.6 is 34.8 Å². The SMILES string of the molecule is Clc1ccc(C(Cc2ncc[nH]2)OCc2ccccc2Cl)c(Cl)c1. The highest BCUT2D eigenvalue weighted by atomic mass is 35.5. The molecule has 0 aliphatic rings. The molecule has 0 fully saturated rings. The zero-order valence-electron chi connectivity index (χ0n) is 12.7. The van der Waals surface area contributed by atoms with Gasteiger partial charge in [-0.15, -0.1) is 0 Å². The standard InChI is InChI=1S/C18H15Cl3N2O/c19-13-5-6-14(16(21)9-13)17(10-18-22-7-8-23-18)24-11-12-3-1-2-4-15(12)20/h1-9,17H,10-11H2,(H,22,23). The van der Waals surface area contributed by atoms with E-state index in [4.69, 9.17) is 39.5 Å². The number of benzene rings is 2. The van der Waals surface area contributed by atoms with Gasteiger partial charge in [-0.25, -0.2) is 4.98 Å². The Morgan fingerprint density at radius 2 is 1.88 bits per heavy atom. The minimum atomic E-state index is -0.266. The minimum Gasteiger partial charge on any atom is -0.368 e. The monoisotopic (exact) mass is 380 g/mol. The molecule has 0 saturated heterocycles. The number of hydrogen-bond acceptors (Lipinski definition) is 2. The van der Waals surface area contributed by atoms with Crippen LogP contribution in [-0.4, -0.2) is 9.97 Å². The van der Waals surface area contributed by atoms with Crippen LogP contribution in [0.15, 0.2) is 54.9 Å². The maximum atomic E-state index is 6.36. The Bertz CT molecular complexity index is 806. The molecule has 0 aliphatic heterocycles. The predicted octanol–water partition coefficient (Wildman–Crippen LogP) is 5.87. The van der Waals surface area contributed by atoms with E-state index in [1.54, 1.807) is 24.5 Å². The number of imidazole rings is 1. The quantitative estimate of drug-likeness (QED) is 0.580. The third kappa shape index (κ3) is 4.31. The molecule has 1 heterocycles. The Morgan fingerprint density at radius 3 is 2.58 bits per heavy atom. The molecule has 1 unspecified atom stereocenters. The molecule has 3 nitrogen and oxygen atoms in total. The fourth-order valence-electron chi connectivity index (χ4n) is 2.41. The van der Waals surface area contributed by atoms with E-state index in [0.717, 1.165) is 17.0 Å². The molecule has 6 heteroatoms. The number of aromatic nitrogens is 2. The second-order valence-corrected chi connectivity index (χ2v) is 6.55. The summed E-state index contributed by atoms with van der Waals surface area (Å²) in [5.74, 6) is 0.824. The van der Waals surface area contributed by atoms with Gasteiger partial charge in [-0.2, -0.15) is 0 Å². The summed E-state index contributed by atoms with van der Waals surface area (Å²) < 4.78 is 6.12. The highest BCUT2D eigenvalue weighted by Gasteiger charge is 2.18. The maximum Gasteiger partial charge on any atom is 0.108 e. The summed E-state index contributed by atoms with van der Waals surface area (Å²) in [5, 5.41) is 1.83. The van der Waals surface area contributed by atoms with Crippen molar-refractivity contribution in [3.8, 4) is 0 Å². The number of nitrogens with one attached hydrogen (secondary N) is 1. The number of aromatic amines is 1. The van der Waals surface area contributed by atoms with E-state index in [9.17, 15) is 0 Å². The molecule has 3 rings (SSSR count). The molecule has 124 valence electrons. The van der Waals surface area contributed by atoms with Crippen molar-refractivity contribution in [3.05, 3.63) is 86.9 Å². The Balaban J connectivity index is 1.83. The third-order valence-corrected chi connectivity index (χ3v) is 4.57. The van der Waals surface area contributed by atoms with Gasteiger partial charge in [0, 0.05) is 33.9 Å². The van der Waals surface area contributed by atoms with Gasteiger partial charge in [-0.3, -0.25) is 0 Å². The van der Waals surface area contributed by atoms with E-state index in [0.29, 0.717) is 28.1 Å². The van der Waals surface area contributed by atoms with Crippen LogP contribution in [0.25, 0.3) is 0 Å². The van der Waals surface area contributed by atoms with Crippen LogP contribution in [0, 0.1) is 0 Å². The summed E-state index contributed by atoms with van der Waals surface area (Å²) in [5.41, 5.74) is 1.79. The van der Waals surface area contributed by atoms with Crippen LogP contribution in [0.1, 0.15) is 23.1 Å². The lowest BCUT2D eigenvalue weighted by Crippen LogP contribution is -2.10. The second-order valence-electron chi connectivity index (χ2n) is 5.30. The summed E-state index contributed by atoms with van der Waals surface area (Å²) in [6.45, 7) is 0.379. The van der Waals surface area contributed by atoms with Crippen LogP contribution in [0.4, 0.5) is 0 Å². The largest absolute Gasteiger partial charge is 0.368 e. The summed E-state index contributed by atoms with van der Waals surface area (Å²) in [6, 6.07) is 13.0. The average Bonchev–Trinajstić information content (AvgIpc) is 3.06. The van der Waals surface area contributed by atoms with E-state index in [1.165, 1.54) is 0 Å². The molecule has 3 aromatic rings. The Morgan fingerprint density at radius 1 is 1.04 bits per heavy atom. The van der Waals surface area contributed by atoms with Gasteiger partial charge in [0.2, 0.25) is 0 Å². The van der Waals surface area contributed by atoms with Crippen molar-refractivity contribution in [2.24, 2.45) is 0 Å². The van der Waals surface area contributed by atoms with Gasteiger partial charge in [-0.1, -0.05) is 59.1 Å². The van der Waals surface area contributed by atoms with Gasteiger partial charge in [0.25, 0.3) is 0 Å². The smallest absolute Gasteiger partial charge is 0.108 e. The Kier molecular flexibility index (Phi) is 5.80. The Hall–Kier alpha value is -1.52. The van der Waals surface area contributed by atoms with E-state index < -0.39 is 0 Å².